The number of halogens is 1. The molecule has 0 spiro atoms. The molecule has 1 fully saturated rings. The number of ether oxygens (including phenoxy) is 1. The number of nitrogens with zero attached hydrogens (tertiary/aromatic N) is 1. The number of benzene rings is 1. The van der Waals surface area contributed by atoms with Crippen molar-refractivity contribution in [3.8, 4) is 6.07 Å². The first-order valence-corrected chi connectivity index (χ1v) is 7.11. The van der Waals surface area contributed by atoms with Gasteiger partial charge < -0.3 is 15.2 Å². The zero-order valence-corrected chi connectivity index (χ0v) is 12.6. The van der Waals surface area contributed by atoms with E-state index < -0.39 is 11.4 Å². The second kappa shape index (κ2) is 5.63. The van der Waals surface area contributed by atoms with E-state index >= 15 is 0 Å². The summed E-state index contributed by atoms with van der Waals surface area (Å²) in [7, 11) is 0. The summed E-state index contributed by atoms with van der Waals surface area (Å²) in [5, 5.41) is 22.8. The molecular formula is C16H21FN2O2. The molecule has 1 aromatic rings. The molecule has 0 bridgehead atoms. The van der Waals surface area contributed by atoms with Crippen molar-refractivity contribution in [2.45, 2.75) is 38.9 Å². The summed E-state index contributed by atoms with van der Waals surface area (Å²) in [5.74, 6) is -0.448. The first kappa shape index (κ1) is 15.7. The predicted octanol–water partition coefficient (Wildman–Crippen LogP) is 2.68. The maximum absolute atomic E-state index is 13.1. The Bertz CT molecular complexity index is 568. The van der Waals surface area contributed by atoms with Crippen LogP contribution in [-0.4, -0.2) is 30.0 Å². The van der Waals surface area contributed by atoms with Gasteiger partial charge in [-0.2, -0.15) is 5.26 Å². The summed E-state index contributed by atoms with van der Waals surface area (Å²) < 4.78 is 18.7. The fourth-order valence-electron chi connectivity index (χ4n) is 2.77. The molecule has 1 aliphatic carbocycles. The van der Waals surface area contributed by atoms with Crippen LogP contribution in [0.3, 0.4) is 0 Å². The van der Waals surface area contributed by atoms with Crippen LogP contribution in [0.15, 0.2) is 18.2 Å². The maximum Gasteiger partial charge on any atom is 0.124 e. The molecule has 0 heterocycles. The molecule has 2 rings (SSSR count). The van der Waals surface area contributed by atoms with Gasteiger partial charge in [-0.15, -0.1) is 0 Å². The molecule has 0 radical (unpaired) electrons. The SMILES string of the molecule is CCOC1CC(O)(CNc2ccc(F)cc2C#N)C1(C)C. The van der Waals surface area contributed by atoms with E-state index in [1.807, 2.05) is 26.8 Å². The number of nitrogens with one attached hydrogen (secondary N) is 1. The highest BCUT2D eigenvalue weighted by atomic mass is 19.1. The molecule has 2 N–H and O–H groups in total. The highest BCUT2D eigenvalue weighted by molar-refractivity contribution is 5.57. The van der Waals surface area contributed by atoms with E-state index in [9.17, 15) is 9.50 Å². The van der Waals surface area contributed by atoms with E-state index in [0.29, 0.717) is 25.3 Å². The first-order chi connectivity index (χ1) is 9.84. The van der Waals surface area contributed by atoms with Gasteiger partial charge in [0.05, 0.1) is 23.0 Å². The summed E-state index contributed by atoms with van der Waals surface area (Å²) in [5.41, 5.74) is -0.517. The van der Waals surface area contributed by atoms with Gasteiger partial charge in [0.2, 0.25) is 0 Å². The van der Waals surface area contributed by atoms with E-state index in [-0.39, 0.29) is 17.1 Å². The smallest absolute Gasteiger partial charge is 0.124 e. The van der Waals surface area contributed by atoms with Crippen LogP contribution in [0.25, 0.3) is 0 Å². The molecule has 2 unspecified atom stereocenters. The third kappa shape index (κ3) is 2.74. The van der Waals surface area contributed by atoms with E-state index in [0.717, 1.165) is 0 Å². The van der Waals surface area contributed by atoms with Crippen LogP contribution in [0.2, 0.25) is 0 Å². The number of anilines is 1. The quantitative estimate of drug-likeness (QED) is 0.875. The van der Waals surface area contributed by atoms with Crippen LogP contribution in [0.1, 0.15) is 32.8 Å². The van der Waals surface area contributed by atoms with Crippen molar-refractivity contribution in [3.05, 3.63) is 29.6 Å². The van der Waals surface area contributed by atoms with Gasteiger partial charge >= 0.3 is 0 Å². The van der Waals surface area contributed by atoms with Crippen LogP contribution >= 0.6 is 0 Å². The van der Waals surface area contributed by atoms with Gasteiger partial charge in [-0.1, -0.05) is 13.8 Å². The standard InChI is InChI=1S/C16H21FN2O2/c1-4-21-14-8-16(20,15(14,2)3)10-19-13-6-5-12(17)7-11(13)9-18/h5-7,14,19-20H,4,8,10H2,1-3H3. The Kier molecular flexibility index (Phi) is 4.22. The van der Waals surface area contributed by atoms with Crippen molar-refractivity contribution in [1.29, 1.82) is 5.26 Å². The molecule has 1 saturated carbocycles. The highest BCUT2D eigenvalue weighted by Gasteiger charge is 2.59. The summed E-state index contributed by atoms with van der Waals surface area (Å²) in [6, 6.07) is 5.94. The van der Waals surface area contributed by atoms with Crippen LogP contribution < -0.4 is 5.32 Å². The van der Waals surface area contributed by atoms with Crippen LogP contribution in [0.4, 0.5) is 10.1 Å². The largest absolute Gasteiger partial charge is 0.387 e. The van der Waals surface area contributed by atoms with Crippen LogP contribution in [0.5, 0.6) is 0 Å². The minimum atomic E-state index is -0.909. The lowest BCUT2D eigenvalue weighted by molar-refractivity contribution is -0.233. The van der Waals surface area contributed by atoms with Gasteiger partial charge in [0, 0.05) is 25.0 Å². The molecule has 1 aliphatic rings. The average Bonchev–Trinajstić information content (AvgIpc) is 2.45. The summed E-state index contributed by atoms with van der Waals surface area (Å²) >= 11 is 0. The fraction of sp³-hybridized carbons (Fsp3) is 0.562. The molecule has 114 valence electrons. The van der Waals surface area contributed by atoms with Crippen molar-refractivity contribution in [2.75, 3.05) is 18.5 Å². The molecule has 0 aromatic heterocycles. The Morgan fingerprint density at radius 3 is 2.81 bits per heavy atom. The van der Waals surface area contributed by atoms with Gasteiger partial charge in [-0.25, -0.2) is 4.39 Å². The molecule has 0 aliphatic heterocycles. The van der Waals surface area contributed by atoms with Gasteiger partial charge in [0.1, 0.15) is 11.9 Å². The zero-order valence-electron chi connectivity index (χ0n) is 12.6. The van der Waals surface area contributed by atoms with E-state index in [1.165, 1.54) is 18.2 Å². The molecule has 1 aromatic carbocycles. The van der Waals surface area contributed by atoms with E-state index in [1.54, 1.807) is 0 Å². The highest BCUT2D eigenvalue weighted by Crippen LogP contribution is 2.51. The van der Waals surface area contributed by atoms with Crippen LogP contribution in [-0.2, 0) is 4.74 Å². The van der Waals surface area contributed by atoms with Crippen molar-refractivity contribution in [1.82, 2.24) is 0 Å². The minimum Gasteiger partial charge on any atom is -0.387 e. The monoisotopic (exact) mass is 292 g/mol. The number of aliphatic hydroxyl groups is 1. The van der Waals surface area contributed by atoms with Crippen LogP contribution in [0, 0.1) is 22.6 Å². The van der Waals surface area contributed by atoms with Gasteiger partial charge in [0.15, 0.2) is 0 Å². The Hall–Kier alpha value is -1.64. The summed E-state index contributed by atoms with van der Waals surface area (Å²) in [6.45, 7) is 6.78. The second-order valence-electron chi connectivity index (χ2n) is 6.06. The third-order valence-corrected chi connectivity index (χ3v) is 4.57. The molecule has 5 heteroatoms. The third-order valence-electron chi connectivity index (χ3n) is 4.57. The van der Waals surface area contributed by atoms with Crippen molar-refractivity contribution in [2.24, 2.45) is 5.41 Å². The number of hydrogen-bond acceptors (Lipinski definition) is 4. The van der Waals surface area contributed by atoms with Gasteiger partial charge in [-0.05, 0) is 25.1 Å². The zero-order chi connectivity index (χ0) is 15.7. The lowest BCUT2D eigenvalue weighted by Crippen LogP contribution is -2.67. The first-order valence-electron chi connectivity index (χ1n) is 7.11. The Labute approximate surface area is 124 Å². The average molecular weight is 292 g/mol. The number of nitriles is 1. The Balaban J connectivity index is 2.06. The topological polar surface area (TPSA) is 65.3 Å². The van der Waals surface area contributed by atoms with Gasteiger partial charge in [0.25, 0.3) is 0 Å². The number of rotatable bonds is 5. The van der Waals surface area contributed by atoms with Gasteiger partial charge in [-0.3, -0.25) is 0 Å². The Morgan fingerprint density at radius 2 is 2.24 bits per heavy atom. The lowest BCUT2D eigenvalue weighted by Gasteiger charge is -2.58. The van der Waals surface area contributed by atoms with Crippen molar-refractivity contribution in [3.63, 3.8) is 0 Å². The number of hydrogen-bond donors (Lipinski definition) is 2. The molecule has 2 atom stereocenters. The normalized spacial score (nSPS) is 26.8. The molecule has 0 saturated heterocycles. The van der Waals surface area contributed by atoms with E-state index in [4.69, 9.17) is 10.00 Å². The lowest BCUT2D eigenvalue weighted by atomic mass is 9.56. The molecule has 0 amide bonds. The predicted molar refractivity (Wildman–Crippen MR) is 78.4 cm³/mol. The minimum absolute atomic E-state index is 0.0259. The summed E-state index contributed by atoms with van der Waals surface area (Å²) in [4.78, 5) is 0. The second-order valence-corrected chi connectivity index (χ2v) is 6.06. The summed E-state index contributed by atoms with van der Waals surface area (Å²) in [6.07, 6.45) is 0.571. The maximum atomic E-state index is 13.1. The van der Waals surface area contributed by atoms with Crippen molar-refractivity contribution < 1.29 is 14.2 Å². The fourth-order valence-corrected chi connectivity index (χ4v) is 2.77. The van der Waals surface area contributed by atoms with Crippen molar-refractivity contribution >= 4 is 5.69 Å². The Morgan fingerprint density at radius 1 is 1.52 bits per heavy atom. The molecular weight excluding hydrogens is 271 g/mol. The van der Waals surface area contributed by atoms with E-state index in [2.05, 4.69) is 5.32 Å². The molecule has 21 heavy (non-hydrogen) atoms. The molecule has 4 nitrogen and oxygen atoms in total.